The summed E-state index contributed by atoms with van der Waals surface area (Å²) in [6, 6.07) is 12.0. The van der Waals surface area contributed by atoms with E-state index in [0.29, 0.717) is 29.2 Å². The number of aliphatic hydroxyl groups is 1. The summed E-state index contributed by atoms with van der Waals surface area (Å²) in [6.07, 6.45) is 0.607. The summed E-state index contributed by atoms with van der Waals surface area (Å²) < 4.78 is 5.64. The Morgan fingerprint density at radius 2 is 1.85 bits per heavy atom. The van der Waals surface area contributed by atoms with Gasteiger partial charge in [0.2, 0.25) is 5.91 Å². The number of nitrogen functional groups attached to an aromatic ring is 1. The third-order valence-electron chi connectivity index (χ3n) is 2.85. The van der Waals surface area contributed by atoms with Gasteiger partial charge in [-0.05, 0) is 42.3 Å². The third-order valence-corrected chi connectivity index (χ3v) is 2.85. The molecule has 0 fully saturated rings. The molecular weight excluding hydrogens is 256 g/mol. The Hall–Kier alpha value is -2.53. The van der Waals surface area contributed by atoms with Crippen LogP contribution in [0.3, 0.4) is 0 Å². The molecule has 2 rings (SSSR count). The number of hydrogen-bond acceptors (Lipinski definition) is 4. The Morgan fingerprint density at radius 1 is 1.15 bits per heavy atom. The Balaban J connectivity index is 2.15. The number of amides is 1. The van der Waals surface area contributed by atoms with Crippen LogP contribution in [-0.4, -0.2) is 17.6 Å². The van der Waals surface area contributed by atoms with Crippen LogP contribution in [0.4, 0.5) is 5.69 Å². The van der Waals surface area contributed by atoms with Gasteiger partial charge in [-0.15, -0.1) is 0 Å². The van der Waals surface area contributed by atoms with Crippen molar-refractivity contribution in [2.75, 3.05) is 12.3 Å². The lowest BCUT2D eigenvalue weighted by Crippen LogP contribution is -2.11. The van der Waals surface area contributed by atoms with E-state index in [4.69, 9.17) is 21.3 Å². The number of benzene rings is 2. The molecule has 20 heavy (non-hydrogen) atoms. The lowest BCUT2D eigenvalue weighted by molar-refractivity contribution is 0.100. The molecule has 104 valence electrons. The Morgan fingerprint density at radius 3 is 2.40 bits per heavy atom. The summed E-state index contributed by atoms with van der Waals surface area (Å²) >= 11 is 0. The summed E-state index contributed by atoms with van der Waals surface area (Å²) in [5.74, 6) is 0.562. The molecule has 5 heteroatoms. The van der Waals surface area contributed by atoms with Gasteiger partial charge in [0.05, 0.1) is 5.69 Å². The summed E-state index contributed by atoms with van der Waals surface area (Å²) in [4.78, 5) is 11.0. The van der Waals surface area contributed by atoms with Crippen molar-refractivity contribution >= 4 is 11.6 Å². The first-order chi connectivity index (χ1) is 9.60. The highest BCUT2D eigenvalue weighted by atomic mass is 16.5. The number of nitrogens with two attached hydrogens (primary N) is 2. The van der Waals surface area contributed by atoms with Crippen LogP contribution in [0, 0.1) is 0 Å². The fourth-order valence-electron chi connectivity index (χ4n) is 1.77. The van der Waals surface area contributed by atoms with E-state index in [9.17, 15) is 4.79 Å². The van der Waals surface area contributed by atoms with Gasteiger partial charge in [0.1, 0.15) is 11.5 Å². The highest BCUT2D eigenvalue weighted by molar-refractivity contribution is 5.94. The standard InChI is InChI=1S/C15H16N2O3/c16-13-9-11(15(17)19)3-6-14(13)20-12-4-1-10(2-5-12)7-8-18/h1-6,9,18H,7-8,16H2,(H2,17,19). The number of aliphatic hydroxyl groups excluding tert-OH is 1. The molecule has 0 unspecified atom stereocenters. The quantitative estimate of drug-likeness (QED) is 0.721. The maximum Gasteiger partial charge on any atom is 0.248 e. The number of hydrogen-bond donors (Lipinski definition) is 3. The van der Waals surface area contributed by atoms with Crippen molar-refractivity contribution in [1.82, 2.24) is 0 Å². The van der Waals surface area contributed by atoms with Gasteiger partial charge in [-0.1, -0.05) is 12.1 Å². The van der Waals surface area contributed by atoms with Crippen molar-refractivity contribution in [3.63, 3.8) is 0 Å². The lowest BCUT2D eigenvalue weighted by atomic mass is 10.1. The molecule has 5 N–H and O–H groups in total. The molecule has 2 aromatic rings. The second kappa shape index (κ2) is 6.08. The minimum atomic E-state index is -0.531. The lowest BCUT2D eigenvalue weighted by Gasteiger charge is -2.09. The zero-order chi connectivity index (χ0) is 14.5. The Kier molecular flexibility index (Phi) is 4.22. The summed E-state index contributed by atoms with van der Waals surface area (Å²) in [5, 5.41) is 8.85. The van der Waals surface area contributed by atoms with Crippen LogP contribution in [0.15, 0.2) is 42.5 Å². The molecule has 0 saturated carbocycles. The fraction of sp³-hybridized carbons (Fsp3) is 0.133. The Bertz CT molecular complexity index is 609. The van der Waals surface area contributed by atoms with Gasteiger partial charge in [-0.2, -0.15) is 0 Å². The van der Waals surface area contributed by atoms with Gasteiger partial charge in [0.15, 0.2) is 0 Å². The van der Waals surface area contributed by atoms with Crippen LogP contribution in [0.25, 0.3) is 0 Å². The SMILES string of the molecule is NC(=O)c1ccc(Oc2ccc(CCO)cc2)c(N)c1. The van der Waals surface area contributed by atoms with Crippen molar-refractivity contribution in [3.05, 3.63) is 53.6 Å². The maximum absolute atomic E-state index is 11.0. The first-order valence-corrected chi connectivity index (χ1v) is 6.17. The highest BCUT2D eigenvalue weighted by Crippen LogP contribution is 2.28. The van der Waals surface area contributed by atoms with Crippen molar-refractivity contribution in [3.8, 4) is 11.5 Å². The maximum atomic E-state index is 11.0. The van der Waals surface area contributed by atoms with Gasteiger partial charge < -0.3 is 21.3 Å². The van der Waals surface area contributed by atoms with Gasteiger partial charge in [0, 0.05) is 12.2 Å². The van der Waals surface area contributed by atoms with E-state index in [1.807, 2.05) is 12.1 Å². The monoisotopic (exact) mass is 272 g/mol. The minimum absolute atomic E-state index is 0.113. The first kappa shape index (κ1) is 13.9. The molecule has 2 aromatic carbocycles. The molecular formula is C15H16N2O3. The summed E-state index contributed by atoms with van der Waals surface area (Å²) in [7, 11) is 0. The van der Waals surface area contributed by atoms with Crippen molar-refractivity contribution in [1.29, 1.82) is 0 Å². The van der Waals surface area contributed by atoms with Gasteiger partial charge in [-0.3, -0.25) is 4.79 Å². The van der Waals surface area contributed by atoms with Crippen LogP contribution in [-0.2, 0) is 6.42 Å². The molecule has 5 nitrogen and oxygen atoms in total. The first-order valence-electron chi connectivity index (χ1n) is 6.17. The predicted molar refractivity (Wildman–Crippen MR) is 76.7 cm³/mol. The van der Waals surface area contributed by atoms with Crippen molar-refractivity contribution in [2.45, 2.75) is 6.42 Å². The van der Waals surface area contributed by atoms with Crippen LogP contribution >= 0.6 is 0 Å². The molecule has 0 aliphatic rings. The van der Waals surface area contributed by atoms with Crippen LogP contribution in [0.5, 0.6) is 11.5 Å². The van der Waals surface area contributed by atoms with Gasteiger partial charge in [-0.25, -0.2) is 0 Å². The average molecular weight is 272 g/mol. The molecule has 0 atom stereocenters. The van der Waals surface area contributed by atoms with Crippen molar-refractivity contribution in [2.24, 2.45) is 5.73 Å². The number of rotatable bonds is 5. The number of primary amides is 1. The normalized spacial score (nSPS) is 10.2. The van der Waals surface area contributed by atoms with Crippen LogP contribution in [0.1, 0.15) is 15.9 Å². The van der Waals surface area contributed by atoms with E-state index in [2.05, 4.69) is 0 Å². The van der Waals surface area contributed by atoms with Crippen molar-refractivity contribution < 1.29 is 14.6 Å². The summed E-state index contributed by atoms with van der Waals surface area (Å²) in [5.41, 5.74) is 12.7. The molecule has 0 aliphatic heterocycles. The van der Waals surface area contributed by atoms with E-state index in [1.165, 1.54) is 6.07 Å². The molecule has 0 saturated heterocycles. The number of anilines is 1. The van der Waals surface area contributed by atoms with E-state index in [0.717, 1.165) is 5.56 Å². The Labute approximate surface area is 116 Å². The molecule has 1 amide bonds. The predicted octanol–water partition coefficient (Wildman–Crippen LogP) is 1.69. The van der Waals surface area contributed by atoms with E-state index >= 15 is 0 Å². The zero-order valence-corrected chi connectivity index (χ0v) is 10.9. The highest BCUT2D eigenvalue weighted by Gasteiger charge is 2.06. The van der Waals surface area contributed by atoms with Gasteiger partial charge in [0.25, 0.3) is 0 Å². The van der Waals surface area contributed by atoms with Crippen LogP contribution < -0.4 is 16.2 Å². The summed E-state index contributed by atoms with van der Waals surface area (Å²) in [6.45, 7) is 0.113. The van der Waals surface area contributed by atoms with Gasteiger partial charge >= 0.3 is 0 Å². The number of ether oxygens (including phenoxy) is 1. The molecule has 0 heterocycles. The average Bonchev–Trinajstić information content (AvgIpc) is 2.43. The minimum Gasteiger partial charge on any atom is -0.455 e. The molecule has 0 aromatic heterocycles. The van der Waals surface area contributed by atoms with E-state index in [1.54, 1.807) is 24.3 Å². The second-order valence-electron chi connectivity index (χ2n) is 4.34. The van der Waals surface area contributed by atoms with E-state index < -0.39 is 5.91 Å². The number of carbonyl (C=O) groups is 1. The largest absolute Gasteiger partial charge is 0.455 e. The smallest absolute Gasteiger partial charge is 0.248 e. The zero-order valence-electron chi connectivity index (χ0n) is 10.9. The second-order valence-corrected chi connectivity index (χ2v) is 4.34. The fourth-order valence-corrected chi connectivity index (χ4v) is 1.77. The molecule has 0 aliphatic carbocycles. The third kappa shape index (κ3) is 3.27. The van der Waals surface area contributed by atoms with E-state index in [-0.39, 0.29) is 6.61 Å². The number of carbonyl (C=O) groups excluding carboxylic acids is 1. The topological polar surface area (TPSA) is 98.6 Å². The molecule has 0 bridgehead atoms. The molecule has 0 spiro atoms. The van der Waals surface area contributed by atoms with Crippen LogP contribution in [0.2, 0.25) is 0 Å². The molecule has 0 radical (unpaired) electrons.